The first-order valence-electron chi connectivity index (χ1n) is 8.76. The van der Waals surface area contributed by atoms with Crippen LogP contribution >= 0.6 is 0 Å². The van der Waals surface area contributed by atoms with Gasteiger partial charge in [0.05, 0.1) is 13.2 Å². The van der Waals surface area contributed by atoms with Crippen molar-refractivity contribution in [2.24, 2.45) is 5.16 Å². The molecular formula is C17H22N4O5. The molecule has 1 N–H and O–H groups in total. The number of oxime groups is 1. The van der Waals surface area contributed by atoms with Crippen molar-refractivity contribution in [2.45, 2.75) is 33.1 Å². The monoisotopic (exact) mass is 362 g/mol. The number of aromatic nitrogens is 2. The van der Waals surface area contributed by atoms with Gasteiger partial charge in [-0.25, -0.2) is 4.79 Å². The second-order valence-electron chi connectivity index (χ2n) is 5.94. The summed E-state index contributed by atoms with van der Waals surface area (Å²) in [6.07, 6.45) is 2.14. The zero-order valence-corrected chi connectivity index (χ0v) is 14.9. The lowest BCUT2D eigenvalue weighted by Crippen LogP contribution is -2.41. The second kappa shape index (κ2) is 8.13. The van der Waals surface area contributed by atoms with Crippen LogP contribution in [0.3, 0.4) is 0 Å². The van der Waals surface area contributed by atoms with Gasteiger partial charge in [-0.05, 0) is 18.4 Å². The number of H-pyrrole nitrogens is 1. The SMILES string of the molecule is CCC/C(=N\Oc1nc2oc(=O)cc(CC)c2c(=O)[nH]1)N1CCOCC1. The predicted molar refractivity (Wildman–Crippen MR) is 95.6 cm³/mol. The van der Waals surface area contributed by atoms with Gasteiger partial charge in [-0.2, -0.15) is 4.98 Å². The Labute approximate surface area is 149 Å². The minimum absolute atomic E-state index is 0.0493. The van der Waals surface area contributed by atoms with E-state index >= 15 is 0 Å². The van der Waals surface area contributed by atoms with Gasteiger partial charge in [0.2, 0.25) is 5.71 Å². The van der Waals surface area contributed by atoms with Crippen LogP contribution in [0.5, 0.6) is 6.01 Å². The Hall–Kier alpha value is -2.68. The van der Waals surface area contributed by atoms with E-state index in [1.54, 1.807) is 0 Å². The molecule has 2 aromatic heterocycles. The molecule has 140 valence electrons. The van der Waals surface area contributed by atoms with Crippen LogP contribution in [0.1, 0.15) is 32.3 Å². The van der Waals surface area contributed by atoms with Crippen LogP contribution in [0.2, 0.25) is 0 Å². The maximum absolute atomic E-state index is 12.3. The highest BCUT2D eigenvalue weighted by molar-refractivity contribution is 5.82. The van der Waals surface area contributed by atoms with Crippen LogP contribution in [0, 0.1) is 0 Å². The van der Waals surface area contributed by atoms with Crippen molar-refractivity contribution >= 4 is 16.9 Å². The van der Waals surface area contributed by atoms with E-state index in [4.69, 9.17) is 14.0 Å². The number of aromatic amines is 1. The average molecular weight is 362 g/mol. The van der Waals surface area contributed by atoms with Gasteiger partial charge in [0.1, 0.15) is 11.2 Å². The quantitative estimate of drug-likeness (QED) is 0.484. The van der Waals surface area contributed by atoms with E-state index < -0.39 is 11.2 Å². The van der Waals surface area contributed by atoms with Crippen LogP contribution in [-0.4, -0.2) is 47.0 Å². The van der Waals surface area contributed by atoms with E-state index in [-0.39, 0.29) is 17.1 Å². The first-order valence-corrected chi connectivity index (χ1v) is 8.76. The lowest BCUT2D eigenvalue weighted by molar-refractivity contribution is 0.0657. The van der Waals surface area contributed by atoms with Gasteiger partial charge in [0, 0.05) is 25.6 Å². The summed E-state index contributed by atoms with van der Waals surface area (Å²) in [7, 11) is 0. The topological polar surface area (TPSA) is 110 Å². The summed E-state index contributed by atoms with van der Waals surface area (Å²) in [4.78, 5) is 38.1. The minimum atomic E-state index is -0.554. The summed E-state index contributed by atoms with van der Waals surface area (Å²) < 4.78 is 10.4. The minimum Gasteiger partial charge on any atom is -0.403 e. The van der Waals surface area contributed by atoms with Crippen molar-refractivity contribution in [1.82, 2.24) is 14.9 Å². The molecule has 0 atom stereocenters. The first kappa shape index (κ1) is 18.1. The molecule has 1 fully saturated rings. The van der Waals surface area contributed by atoms with Crippen LogP contribution in [0.25, 0.3) is 11.1 Å². The summed E-state index contributed by atoms with van der Waals surface area (Å²) >= 11 is 0. The summed E-state index contributed by atoms with van der Waals surface area (Å²) in [6.45, 7) is 6.64. The Morgan fingerprint density at radius 2 is 2.12 bits per heavy atom. The lowest BCUT2D eigenvalue weighted by Gasteiger charge is -2.29. The first-order chi connectivity index (χ1) is 12.6. The normalized spacial score (nSPS) is 15.5. The van der Waals surface area contributed by atoms with Crippen molar-refractivity contribution < 1.29 is 14.0 Å². The molecule has 1 saturated heterocycles. The molecule has 3 heterocycles. The lowest BCUT2D eigenvalue weighted by atomic mass is 10.1. The Balaban J connectivity index is 1.92. The standard InChI is InChI=1S/C17H22N4O5/c1-3-5-12(21-6-8-24-9-7-21)20-26-17-18-15(23)14-11(4-2)10-13(22)25-16(14)19-17/h10H,3-9H2,1-2H3,(H,18,19,23)/b20-12+. The predicted octanol–water partition coefficient (Wildman–Crippen LogP) is 1.26. The molecular weight excluding hydrogens is 340 g/mol. The molecule has 0 bridgehead atoms. The van der Waals surface area contributed by atoms with Crippen molar-refractivity contribution in [1.29, 1.82) is 0 Å². The van der Waals surface area contributed by atoms with E-state index in [9.17, 15) is 9.59 Å². The number of aryl methyl sites for hydroxylation is 1. The average Bonchev–Trinajstić information content (AvgIpc) is 2.64. The van der Waals surface area contributed by atoms with E-state index in [0.717, 1.165) is 31.8 Å². The number of nitrogens with one attached hydrogen (secondary N) is 1. The molecule has 0 amide bonds. The van der Waals surface area contributed by atoms with Gasteiger partial charge in [-0.1, -0.05) is 19.0 Å². The van der Waals surface area contributed by atoms with Gasteiger partial charge in [0.25, 0.3) is 5.56 Å². The van der Waals surface area contributed by atoms with E-state index in [0.29, 0.717) is 25.2 Å². The molecule has 9 nitrogen and oxygen atoms in total. The molecule has 0 radical (unpaired) electrons. The smallest absolute Gasteiger partial charge is 0.337 e. The number of morpholine rings is 1. The van der Waals surface area contributed by atoms with E-state index in [1.807, 2.05) is 13.8 Å². The fourth-order valence-corrected chi connectivity index (χ4v) is 2.85. The summed E-state index contributed by atoms with van der Waals surface area (Å²) in [5.41, 5.74) is -0.446. The number of hydrogen-bond donors (Lipinski definition) is 1. The zero-order chi connectivity index (χ0) is 18.5. The highest BCUT2D eigenvalue weighted by Crippen LogP contribution is 2.14. The van der Waals surface area contributed by atoms with Crippen molar-refractivity contribution in [2.75, 3.05) is 26.3 Å². The van der Waals surface area contributed by atoms with Crippen LogP contribution in [0.15, 0.2) is 25.2 Å². The molecule has 9 heteroatoms. The third-order valence-corrected chi connectivity index (χ3v) is 4.14. The van der Waals surface area contributed by atoms with Crippen LogP contribution < -0.4 is 16.0 Å². The third-order valence-electron chi connectivity index (χ3n) is 4.14. The fourth-order valence-electron chi connectivity index (χ4n) is 2.85. The molecule has 26 heavy (non-hydrogen) atoms. The van der Waals surface area contributed by atoms with Crippen molar-refractivity contribution in [3.05, 3.63) is 32.4 Å². The molecule has 0 saturated carbocycles. The molecule has 0 spiro atoms. The zero-order valence-electron chi connectivity index (χ0n) is 14.9. The maximum Gasteiger partial charge on any atom is 0.337 e. The fraction of sp³-hybridized carbons (Fsp3) is 0.529. The number of rotatable bonds is 5. The number of fused-ring (bicyclic) bond motifs is 1. The summed E-state index contributed by atoms with van der Waals surface area (Å²) in [6, 6.07) is 1.19. The summed E-state index contributed by atoms with van der Waals surface area (Å²) in [5.74, 6) is 0.766. The maximum atomic E-state index is 12.3. The van der Waals surface area contributed by atoms with Crippen LogP contribution in [-0.2, 0) is 11.2 Å². The Morgan fingerprint density at radius 3 is 2.81 bits per heavy atom. The Bertz CT molecular complexity index is 911. The van der Waals surface area contributed by atoms with E-state index in [2.05, 4.69) is 20.0 Å². The highest BCUT2D eigenvalue weighted by atomic mass is 16.6. The molecule has 0 aliphatic carbocycles. The number of nitrogens with zero attached hydrogens (tertiary/aromatic N) is 3. The summed E-state index contributed by atoms with van der Waals surface area (Å²) in [5, 5.41) is 4.41. The molecule has 1 aliphatic heterocycles. The van der Waals surface area contributed by atoms with Crippen molar-refractivity contribution in [3.63, 3.8) is 0 Å². The van der Waals surface area contributed by atoms with Gasteiger partial charge in [-0.15, -0.1) is 0 Å². The van der Waals surface area contributed by atoms with Crippen molar-refractivity contribution in [3.8, 4) is 6.01 Å². The van der Waals surface area contributed by atoms with E-state index in [1.165, 1.54) is 6.07 Å². The molecule has 1 aliphatic rings. The largest absolute Gasteiger partial charge is 0.403 e. The Morgan fingerprint density at radius 1 is 1.35 bits per heavy atom. The number of amidine groups is 1. The number of ether oxygens (including phenoxy) is 1. The molecule has 2 aromatic rings. The Kier molecular flexibility index (Phi) is 5.67. The van der Waals surface area contributed by atoms with Gasteiger partial charge < -0.3 is 18.9 Å². The third kappa shape index (κ3) is 3.93. The van der Waals surface area contributed by atoms with Gasteiger partial charge >= 0.3 is 11.6 Å². The molecule has 3 rings (SSSR count). The highest BCUT2D eigenvalue weighted by Gasteiger charge is 2.16. The van der Waals surface area contributed by atoms with Crippen LogP contribution in [0.4, 0.5) is 0 Å². The molecule has 0 aromatic carbocycles. The van der Waals surface area contributed by atoms with Gasteiger partial charge in [-0.3, -0.25) is 9.78 Å². The second-order valence-corrected chi connectivity index (χ2v) is 5.94. The molecule has 0 unspecified atom stereocenters. The van der Waals surface area contributed by atoms with Gasteiger partial charge in [0.15, 0.2) is 0 Å². The number of hydrogen-bond acceptors (Lipinski definition) is 7.